The Balaban J connectivity index is 1.47. The van der Waals surface area contributed by atoms with Gasteiger partial charge in [-0.05, 0) is 54.8 Å². The Morgan fingerprint density at radius 3 is 2.71 bits per heavy atom. The third-order valence-corrected chi connectivity index (χ3v) is 6.33. The van der Waals surface area contributed by atoms with Crippen LogP contribution < -0.4 is 0 Å². The number of tetrazole rings is 1. The molecule has 2 aliphatic heterocycles. The first-order valence-electron chi connectivity index (χ1n) is 11.1. The highest BCUT2D eigenvalue weighted by atomic mass is 16.5. The molecule has 168 valence electrons. The Labute approximate surface area is 183 Å². The summed E-state index contributed by atoms with van der Waals surface area (Å²) >= 11 is 0. The van der Waals surface area contributed by atoms with Gasteiger partial charge in [-0.15, -0.1) is 5.10 Å². The Morgan fingerprint density at radius 2 is 1.94 bits per heavy atom. The van der Waals surface area contributed by atoms with Gasteiger partial charge in [-0.2, -0.15) is 0 Å². The average Bonchev–Trinajstić information content (AvgIpc) is 3.51. The van der Waals surface area contributed by atoms with Gasteiger partial charge in [-0.25, -0.2) is 4.68 Å². The molecule has 9 nitrogen and oxygen atoms in total. The summed E-state index contributed by atoms with van der Waals surface area (Å²) in [5, 5.41) is 12.6. The molecule has 1 amide bonds. The quantitative estimate of drug-likeness (QED) is 0.598. The molecule has 0 aliphatic carbocycles. The number of amides is 1. The molecule has 0 bridgehead atoms. The molecule has 4 rings (SSSR count). The van der Waals surface area contributed by atoms with Crippen molar-refractivity contribution >= 4 is 5.91 Å². The number of hydrogen-bond donors (Lipinski definition) is 0. The number of hydrogen-bond acceptors (Lipinski definition) is 7. The van der Waals surface area contributed by atoms with E-state index in [1.807, 2.05) is 39.9 Å². The highest BCUT2D eigenvalue weighted by molar-refractivity contribution is 5.77. The summed E-state index contributed by atoms with van der Waals surface area (Å²) in [6.45, 7) is 5.00. The summed E-state index contributed by atoms with van der Waals surface area (Å²) in [6.07, 6.45) is 4.18. The summed E-state index contributed by atoms with van der Waals surface area (Å²) in [5.74, 6) is 0.865. The van der Waals surface area contributed by atoms with Gasteiger partial charge in [0.25, 0.3) is 0 Å². The van der Waals surface area contributed by atoms with Crippen LogP contribution >= 0.6 is 0 Å². The number of benzene rings is 1. The molecule has 3 heterocycles. The Morgan fingerprint density at radius 1 is 1.13 bits per heavy atom. The first kappa shape index (κ1) is 21.9. The minimum Gasteiger partial charge on any atom is -0.383 e. The fraction of sp³-hybridized carbons (Fsp3) is 0.636. The second-order valence-electron chi connectivity index (χ2n) is 8.34. The maximum atomic E-state index is 13.0. The summed E-state index contributed by atoms with van der Waals surface area (Å²) in [5.41, 5.74) is 0.707. The van der Waals surface area contributed by atoms with Gasteiger partial charge in [-0.3, -0.25) is 9.69 Å². The van der Waals surface area contributed by atoms with Crippen molar-refractivity contribution in [2.24, 2.45) is 0 Å². The van der Waals surface area contributed by atoms with E-state index in [1.54, 1.807) is 7.11 Å². The van der Waals surface area contributed by atoms with Crippen molar-refractivity contribution in [2.75, 3.05) is 46.5 Å². The Hall–Kier alpha value is -2.36. The third-order valence-electron chi connectivity index (χ3n) is 6.33. The molecule has 1 unspecified atom stereocenters. The van der Waals surface area contributed by atoms with Gasteiger partial charge >= 0.3 is 0 Å². The Kier molecular flexibility index (Phi) is 7.26. The van der Waals surface area contributed by atoms with E-state index >= 15 is 0 Å². The fourth-order valence-corrected chi connectivity index (χ4v) is 4.76. The molecule has 31 heavy (non-hydrogen) atoms. The van der Waals surface area contributed by atoms with Crippen LogP contribution in [0.5, 0.6) is 0 Å². The lowest BCUT2D eigenvalue weighted by Gasteiger charge is -2.47. The van der Waals surface area contributed by atoms with Crippen LogP contribution in [-0.4, -0.2) is 82.4 Å². The molecule has 0 radical (unpaired) electrons. The lowest BCUT2D eigenvalue weighted by Crippen LogP contribution is -2.58. The van der Waals surface area contributed by atoms with Crippen molar-refractivity contribution in [2.45, 2.75) is 44.4 Å². The van der Waals surface area contributed by atoms with Gasteiger partial charge in [0.05, 0.1) is 19.8 Å². The number of ether oxygens (including phenoxy) is 2. The van der Waals surface area contributed by atoms with Gasteiger partial charge < -0.3 is 14.4 Å². The zero-order chi connectivity index (χ0) is 21.5. The fourth-order valence-electron chi connectivity index (χ4n) is 4.76. The van der Waals surface area contributed by atoms with Crippen LogP contribution in [0.25, 0.3) is 0 Å². The first-order valence-corrected chi connectivity index (χ1v) is 11.1. The molecule has 0 spiro atoms. The van der Waals surface area contributed by atoms with Gasteiger partial charge in [0.15, 0.2) is 5.82 Å². The van der Waals surface area contributed by atoms with Gasteiger partial charge in [0.1, 0.15) is 12.1 Å². The van der Waals surface area contributed by atoms with Crippen LogP contribution in [0.15, 0.2) is 30.3 Å². The van der Waals surface area contributed by atoms with Crippen LogP contribution in [-0.2, 0) is 33.0 Å². The van der Waals surface area contributed by atoms with Crippen molar-refractivity contribution in [1.82, 2.24) is 30.0 Å². The van der Waals surface area contributed by atoms with Crippen molar-refractivity contribution < 1.29 is 14.3 Å². The Bertz CT molecular complexity index is 839. The molecule has 0 N–H and O–H groups in total. The summed E-state index contributed by atoms with van der Waals surface area (Å²) in [4.78, 5) is 17.4. The smallest absolute Gasteiger partial charge is 0.248 e. The predicted molar refractivity (Wildman–Crippen MR) is 114 cm³/mol. The molecule has 1 atom stereocenters. The van der Waals surface area contributed by atoms with E-state index in [9.17, 15) is 4.79 Å². The van der Waals surface area contributed by atoms with E-state index in [1.165, 1.54) is 0 Å². The van der Waals surface area contributed by atoms with E-state index in [0.717, 1.165) is 56.7 Å². The van der Waals surface area contributed by atoms with Crippen LogP contribution in [0, 0.1) is 0 Å². The summed E-state index contributed by atoms with van der Waals surface area (Å²) in [7, 11) is 1.68. The number of methoxy groups -OCH3 is 1. The molecule has 2 aromatic rings. The molecule has 0 saturated carbocycles. The van der Waals surface area contributed by atoms with E-state index in [-0.39, 0.29) is 18.1 Å². The summed E-state index contributed by atoms with van der Waals surface area (Å²) < 4.78 is 12.8. The minimum atomic E-state index is -0.360. The second-order valence-corrected chi connectivity index (χ2v) is 8.34. The minimum absolute atomic E-state index is 0.0233. The van der Waals surface area contributed by atoms with Crippen LogP contribution in [0.1, 0.15) is 37.1 Å². The molecule has 2 aliphatic rings. The largest absolute Gasteiger partial charge is 0.383 e. The normalized spacial score (nSPS) is 22.2. The van der Waals surface area contributed by atoms with Gasteiger partial charge in [0.2, 0.25) is 5.91 Å². The maximum Gasteiger partial charge on any atom is 0.248 e. The third kappa shape index (κ3) is 4.94. The molecule has 1 aromatic heterocycles. The van der Waals surface area contributed by atoms with E-state index in [4.69, 9.17) is 9.47 Å². The van der Waals surface area contributed by atoms with Crippen LogP contribution in [0.4, 0.5) is 0 Å². The molecule has 9 heteroatoms. The second kappa shape index (κ2) is 10.3. The molecule has 2 saturated heterocycles. The SMILES string of the molecule is COCCn1nnnc1C1(N2CCCC2)CCCN(C(=O)COCc2ccccc2)C1. The predicted octanol–water partition coefficient (Wildman–Crippen LogP) is 1.45. The molecular formula is C22H32N6O3. The summed E-state index contributed by atoms with van der Waals surface area (Å²) in [6, 6.07) is 9.93. The first-order chi connectivity index (χ1) is 15.2. The lowest BCUT2D eigenvalue weighted by atomic mass is 9.86. The highest BCUT2D eigenvalue weighted by Gasteiger charge is 2.47. The zero-order valence-corrected chi connectivity index (χ0v) is 18.3. The average molecular weight is 429 g/mol. The molecular weight excluding hydrogens is 396 g/mol. The van der Waals surface area contributed by atoms with E-state index in [0.29, 0.717) is 26.3 Å². The maximum absolute atomic E-state index is 13.0. The monoisotopic (exact) mass is 428 g/mol. The number of aromatic nitrogens is 4. The number of carbonyl (C=O) groups is 1. The van der Waals surface area contributed by atoms with Crippen molar-refractivity contribution in [3.05, 3.63) is 41.7 Å². The zero-order valence-electron chi connectivity index (χ0n) is 18.3. The number of carbonyl (C=O) groups excluding carboxylic acids is 1. The van der Waals surface area contributed by atoms with E-state index < -0.39 is 0 Å². The molecule has 2 fully saturated rings. The molecule has 1 aromatic carbocycles. The number of rotatable bonds is 9. The van der Waals surface area contributed by atoms with Crippen molar-refractivity contribution in [1.29, 1.82) is 0 Å². The topological polar surface area (TPSA) is 85.6 Å². The van der Waals surface area contributed by atoms with Gasteiger partial charge in [-0.1, -0.05) is 30.3 Å². The number of nitrogens with zero attached hydrogens (tertiary/aromatic N) is 6. The lowest BCUT2D eigenvalue weighted by molar-refractivity contribution is -0.141. The van der Waals surface area contributed by atoms with Crippen LogP contribution in [0.3, 0.4) is 0 Å². The van der Waals surface area contributed by atoms with Crippen molar-refractivity contribution in [3.8, 4) is 0 Å². The van der Waals surface area contributed by atoms with E-state index in [2.05, 4.69) is 20.4 Å². The van der Waals surface area contributed by atoms with Crippen molar-refractivity contribution in [3.63, 3.8) is 0 Å². The number of likely N-dealkylation sites (tertiary alicyclic amines) is 2. The van der Waals surface area contributed by atoms with Crippen LogP contribution in [0.2, 0.25) is 0 Å². The highest BCUT2D eigenvalue weighted by Crippen LogP contribution is 2.38. The standard InChI is InChI=1S/C22H32N6O3/c1-30-15-14-28-21(23-24-25-28)22(27-12-5-6-13-27)10-7-11-26(18-22)20(29)17-31-16-19-8-3-2-4-9-19/h2-4,8-9H,5-7,10-18H2,1H3. The number of piperidine rings is 1. The van der Waals surface area contributed by atoms with Gasteiger partial charge in [0, 0.05) is 20.2 Å².